The molecule has 0 saturated heterocycles. The van der Waals surface area contributed by atoms with Crippen LogP contribution in [0.4, 0.5) is 0 Å². The van der Waals surface area contributed by atoms with Crippen molar-refractivity contribution in [3.63, 3.8) is 0 Å². The third-order valence-electron chi connectivity index (χ3n) is 13.0. The van der Waals surface area contributed by atoms with Crippen molar-refractivity contribution in [3.05, 3.63) is 0 Å². The Kier molecular flexibility index (Phi) is 50.1. The van der Waals surface area contributed by atoms with Crippen molar-refractivity contribution in [2.75, 3.05) is 13.2 Å². The van der Waals surface area contributed by atoms with E-state index >= 15 is 0 Å². The third kappa shape index (κ3) is 51.3. The molecule has 0 aliphatic rings. The number of esters is 3. The molecule has 0 saturated carbocycles. The van der Waals surface area contributed by atoms with E-state index in [0.29, 0.717) is 19.3 Å². The summed E-state index contributed by atoms with van der Waals surface area (Å²) >= 11 is 0. The zero-order chi connectivity index (χ0) is 45.9. The average molecular weight is 892 g/mol. The normalized spacial score (nSPS) is 12.0. The van der Waals surface area contributed by atoms with Gasteiger partial charge in [-0.1, -0.05) is 285 Å². The summed E-state index contributed by atoms with van der Waals surface area (Å²) in [5.41, 5.74) is 0. The standard InChI is InChI=1S/C57H110O6/c1-5-7-9-11-13-15-17-19-20-21-25-29-32-36-40-44-48-55(58)61-51-54(63-57(60)50-46-42-38-34-28-18-16-14-12-10-8-6-2)52-62-56(59)49-45-41-37-33-30-26-23-22-24-27-31-35-39-43-47-53(3)4/h53-54H,5-52H2,1-4H3/t54-/m0/s1. The molecule has 0 radical (unpaired) electrons. The molecule has 63 heavy (non-hydrogen) atoms. The molecule has 0 rings (SSSR count). The number of unbranched alkanes of at least 4 members (excludes halogenated alkanes) is 39. The molecule has 6 nitrogen and oxygen atoms in total. The minimum absolute atomic E-state index is 0.0619. The van der Waals surface area contributed by atoms with Crippen molar-refractivity contribution in [2.24, 2.45) is 5.92 Å². The molecule has 0 spiro atoms. The van der Waals surface area contributed by atoms with Crippen LogP contribution >= 0.6 is 0 Å². The second kappa shape index (κ2) is 51.4. The molecule has 0 amide bonds. The van der Waals surface area contributed by atoms with Gasteiger partial charge < -0.3 is 14.2 Å². The minimum Gasteiger partial charge on any atom is -0.462 e. The van der Waals surface area contributed by atoms with E-state index < -0.39 is 6.10 Å². The maximum atomic E-state index is 12.8. The summed E-state index contributed by atoms with van der Waals surface area (Å²) in [6.07, 6.45) is 55.2. The molecule has 0 aromatic rings. The van der Waals surface area contributed by atoms with Crippen LogP contribution in [-0.4, -0.2) is 37.2 Å². The van der Waals surface area contributed by atoms with Crippen molar-refractivity contribution in [3.8, 4) is 0 Å². The third-order valence-corrected chi connectivity index (χ3v) is 13.0. The second-order valence-electron chi connectivity index (χ2n) is 20.1. The Morgan fingerprint density at radius 3 is 0.778 bits per heavy atom. The van der Waals surface area contributed by atoms with Gasteiger partial charge in [-0.25, -0.2) is 0 Å². The highest BCUT2D eigenvalue weighted by Crippen LogP contribution is 2.18. The lowest BCUT2D eigenvalue weighted by atomic mass is 10.0. The quantitative estimate of drug-likeness (QED) is 0.0344. The highest BCUT2D eigenvalue weighted by molar-refractivity contribution is 5.71. The zero-order valence-corrected chi connectivity index (χ0v) is 43.0. The van der Waals surface area contributed by atoms with Gasteiger partial charge in [-0.15, -0.1) is 0 Å². The lowest BCUT2D eigenvalue weighted by Crippen LogP contribution is -2.30. The Morgan fingerprint density at radius 1 is 0.302 bits per heavy atom. The average Bonchev–Trinajstić information content (AvgIpc) is 3.27. The van der Waals surface area contributed by atoms with Crippen LogP contribution in [0.3, 0.4) is 0 Å². The summed E-state index contributed by atoms with van der Waals surface area (Å²) in [6.45, 7) is 9.06. The molecule has 0 N–H and O–H groups in total. The first-order valence-corrected chi connectivity index (χ1v) is 28.4. The van der Waals surface area contributed by atoms with Crippen LogP contribution < -0.4 is 0 Å². The van der Waals surface area contributed by atoms with Gasteiger partial charge in [-0.3, -0.25) is 14.4 Å². The molecule has 0 fully saturated rings. The first kappa shape index (κ1) is 61.4. The molecular formula is C57H110O6. The van der Waals surface area contributed by atoms with Crippen LogP contribution in [0.5, 0.6) is 0 Å². The molecule has 0 bridgehead atoms. The van der Waals surface area contributed by atoms with E-state index in [1.165, 1.54) is 218 Å². The fraction of sp³-hybridized carbons (Fsp3) is 0.947. The minimum atomic E-state index is -0.761. The highest BCUT2D eigenvalue weighted by Gasteiger charge is 2.19. The zero-order valence-electron chi connectivity index (χ0n) is 43.0. The molecule has 0 aromatic heterocycles. The van der Waals surface area contributed by atoms with Crippen LogP contribution in [0.15, 0.2) is 0 Å². The Bertz CT molecular complexity index is 949. The van der Waals surface area contributed by atoms with E-state index in [2.05, 4.69) is 27.7 Å². The molecule has 6 heteroatoms. The van der Waals surface area contributed by atoms with Crippen molar-refractivity contribution < 1.29 is 28.6 Å². The Morgan fingerprint density at radius 2 is 0.524 bits per heavy atom. The van der Waals surface area contributed by atoms with E-state index in [0.717, 1.165) is 63.7 Å². The molecule has 0 aromatic carbocycles. The number of hydrogen-bond acceptors (Lipinski definition) is 6. The van der Waals surface area contributed by atoms with Crippen molar-refractivity contribution in [1.82, 2.24) is 0 Å². The van der Waals surface area contributed by atoms with E-state index in [4.69, 9.17) is 14.2 Å². The predicted octanol–water partition coefficient (Wildman–Crippen LogP) is 18.6. The van der Waals surface area contributed by atoms with Gasteiger partial charge in [-0.2, -0.15) is 0 Å². The summed E-state index contributed by atoms with van der Waals surface area (Å²) in [5.74, 6) is 0.00806. The maximum Gasteiger partial charge on any atom is 0.306 e. The summed E-state index contributed by atoms with van der Waals surface area (Å²) in [4.78, 5) is 38.1. The number of rotatable bonds is 52. The topological polar surface area (TPSA) is 78.9 Å². The first-order chi connectivity index (χ1) is 30.9. The number of carbonyl (C=O) groups is 3. The van der Waals surface area contributed by atoms with E-state index in [-0.39, 0.29) is 31.1 Å². The van der Waals surface area contributed by atoms with Gasteiger partial charge >= 0.3 is 17.9 Å². The molecule has 0 heterocycles. The first-order valence-electron chi connectivity index (χ1n) is 28.4. The van der Waals surface area contributed by atoms with Crippen LogP contribution in [-0.2, 0) is 28.6 Å². The SMILES string of the molecule is CCCCCCCCCCCCCCCCCCC(=O)OC[C@@H](COC(=O)CCCCCCCCCCCCCCCCC(C)C)OC(=O)CCCCCCCCCCCCCC. The smallest absolute Gasteiger partial charge is 0.306 e. The fourth-order valence-corrected chi connectivity index (χ4v) is 8.75. The largest absolute Gasteiger partial charge is 0.462 e. The number of hydrogen-bond donors (Lipinski definition) is 0. The Balaban J connectivity index is 4.27. The van der Waals surface area contributed by atoms with Crippen LogP contribution in [0, 0.1) is 5.92 Å². The van der Waals surface area contributed by atoms with Gasteiger partial charge in [0.2, 0.25) is 0 Å². The van der Waals surface area contributed by atoms with Crippen molar-refractivity contribution >= 4 is 17.9 Å². The second-order valence-corrected chi connectivity index (χ2v) is 20.1. The summed E-state index contributed by atoms with van der Waals surface area (Å²) in [6, 6.07) is 0. The number of carbonyl (C=O) groups excluding carboxylic acids is 3. The molecule has 0 unspecified atom stereocenters. The van der Waals surface area contributed by atoms with Crippen LogP contribution in [0.1, 0.15) is 323 Å². The Labute approximate surface area is 393 Å². The predicted molar refractivity (Wildman–Crippen MR) is 270 cm³/mol. The van der Waals surface area contributed by atoms with E-state index in [1.807, 2.05) is 0 Å². The van der Waals surface area contributed by atoms with Crippen molar-refractivity contribution in [2.45, 2.75) is 329 Å². The summed E-state index contributed by atoms with van der Waals surface area (Å²) in [5, 5.41) is 0. The van der Waals surface area contributed by atoms with Gasteiger partial charge in [0.1, 0.15) is 13.2 Å². The van der Waals surface area contributed by atoms with E-state index in [9.17, 15) is 14.4 Å². The Hall–Kier alpha value is -1.59. The summed E-state index contributed by atoms with van der Waals surface area (Å²) in [7, 11) is 0. The van der Waals surface area contributed by atoms with Crippen LogP contribution in [0.2, 0.25) is 0 Å². The fourth-order valence-electron chi connectivity index (χ4n) is 8.75. The van der Waals surface area contributed by atoms with Crippen LogP contribution in [0.25, 0.3) is 0 Å². The molecular weight excluding hydrogens is 781 g/mol. The van der Waals surface area contributed by atoms with Gasteiger partial charge in [0.25, 0.3) is 0 Å². The van der Waals surface area contributed by atoms with Crippen molar-refractivity contribution in [1.29, 1.82) is 0 Å². The highest BCUT2D eigenvalue weighted by atomic mass is 16.6. The molecule has 0 aliphatic carbocycles. The monoisotopic (exact) mass is 891 g/mol. The summed E-state index contributed by atoms with van der Waals surface area (Å²) < 4.78 is 16.9. The molecule has 374 valence electrons. The van der Waals surface area contributed by atoms with E-state index in [1.54, 1.807) is 0 Å². The molecule has 0 aliphatic heterocycles. The van der Waals surface area contributed by atoms with Gasteiger partial charge in [-0.05, 0) is 25.2 Å². The van der Waals surface area contributed by atoms with Gasteiger partial charge in [0, 0.05) is 19.3 Å². The maximum absolute atomic E-state index is 12.8. The lowest BCUT2D eigenvalue weighted by molar-refractivity contribution is -0.167. The number of ether oxygens (including phenoxy) is 3. The van der Waals surface area contributed by atoms with Gasteiger partial charge in [0.15, 0.2) is 6.10 Å². The lowest BCUT2D eigenvalue weighted by Gasteiger charge is -2.18. The molecule has 1 atom stereocenters. The van der Waals surface area contributed by atoms with Gasteiger partial charge in [0.05, 0.1) is 0 Å².